The third-order valence-electron chi connectivity index (χ3n) is 1.45. The molecule has 12 heavy (non-hydrogen) atoms. The molecule has 0 heterocycles. The number of para-hydroxylation sites is 1. The molecule has 1 aromatic rings. The molecule has 2 N–H and O–H groups in total. The van der Waals surface area contributed by atoms with Crippen molar-refractivity contribution >= 4 is 33.4 Å². The van der Waals surface area contributed by atoms with E-state index < -0.39 is 0 Å². The topological polar surface area (TPSA) is 26.0 Å². The van der Waals surface area contributed by atoms with Gasteiger partial charge in [0.1, 0.15) is 0 Å². The predicted octanol–water partition coefficient (Wildman–Crippen LogP) is 3.15. The molecular weight excluding hydrogens is 234 g/mol. The summed E-state index contributed by atoms with van der Waals surface area (Å²) < 4.78 is 0. The SMILES string of the molecule is Nc1ccccc1SCCCBr. The number of nitrogens with two attached hydrogens (primary N) is 1. The highest BCUT2D eigenvalue weighted by atomic mass is 79.9. The Morgan fingerprint density at radius 1 is 1.33 bits per heavy atom. The van der Waals surface area contributed by atoms with Crippen molar-refractivity contribution in [3.8, 4) is 0 Å². The third-order valence-corrected chi connectivity index (χ3v) is 3.19. The van der Waals surface area contributed by atoms with Gasteiger partial charge >= 0.3 is 0 Å². The van der Waals surface area contributed by atoms with Crippen molar-refractivity contribution in [3.05, 3.63) is 24.3 Å². The van der Waals surface area contributed by atoms with Crippen molar-refractivity contribution in [2.24, 2.45) is 0 Å². The molecule has 0 aliphatic heterocycles. The number of benzene rings is 1. The van der Waals surface area contributed by atoms with E-state index in [0.29, 0.717) is 0 Å². The van der Waals surface area contributed by atoms with Crippen molar-refractivity contribution in [1.82, 2.24) is 0 Å². The Balaban J connectivity index is 2.46. The molecule has 0 aliphatic rings. The zero-order valence-corrected chi connectivity index (χ0v) is 9.20. The van der Waals surface area contributed by atoms with Crippen LogP contribution in [0, 0.1) is 0 Å². The molecule has 0 fully saturated rings. The maximum absolute atomic E-state index is 5.77. The lowest BCUT2D eigenvalue weighted by Crippen LogP contribution is -1.88. The Labute approximate surface area is 85.9 Å². The first-order valence-corrected chi connectivity index (χ1v) is 5.98. The van der Waals surface area contributed by atoms with Crippen LogP contribution in [0.25, 0.3) is 0 Å². The molecule has 0 radical (unpaired) electrons. The minimum atomic E-state index is 0.886. The van der Waals surface area contributed by atoms with Crippen molar-refractivity contribution in [2.45, 2.75) is 11.3 Å². The van der Waals surface area contributed by atoms with Gasteiger partial charge in [-0.1, -0.05) is 28.1 Å². The van der Waals surface area contributed by atoms with Gasteiger partial charge in [-0.3, -0.25) is 0 Å². The number of thioether (sulfide) groups is 1. The number of hydrogen-bond acceptors (Lipinski definition) is 2. The lowest BCUT2D eigenvalue weighted by molar-refractivity contribution is 1.13. The first-order chi connectivity index (χ1) is 5.84. The fraction of sp³-hybridized carbons (Fsp3) is 0.333. The van der Waals surface area contributed by atoms with Crippen LogP contribution in [0.2, 0.25) is 0 Å². The van der Waals surface area contributed by atoms with E-state index in [1.54, 1.807) is 0 Å². The maximum Gasteiger partial charge on any atom is 0.0452 e. The fourth-order valence-corrected chi connectivity index (χ4v) is 2.42. The van der Waals surface area contributed by atoms with E-state index in [2.05, 4.69) is 22.0 Å². The lowest BCUT2D eigenvalue weighted by atomic mass is 10.3. The van der Waals surface area contributed by atoms with Gasteiger partial charge in [0.25, 0.3) is 0 Å². The largest absolute Gasteiger partial charge is 0.398 e. The maximum atomic E-state index is 5.77. The third kappa shape index (κ3) is 3.07. The molecule has 0 saturated carbocycles. The number of hydrogen-bond donors (Lipinski definition) is 1. The van der Waals surface area contributed by atoms with Crippen LogP contribution in [-0.2, 0) is 0 Å². The van der Waals surface area contributed by atoms with Gasteiger partial charge < -0.3 is 5.73 Å². The molecule has 0 aromatic heterocycles. The molecule has 3 heteroatoms. The van der Waals surface area contributed by atoms with Crippen LogP contribution in [-0.4, -0.2) is 11.1 Å². The minimum absolute atomic E-state index is 0.886. The van der Waals surface area contributed by atoms with Gasteiger partial charge in [0.2, 0.25) is 0 Å². The predicted molar refractivity (Wildman–Crippen MR) is 60.0 cm³/mol. The highest BCUT2D eigenvalue weighted by molar-refractivity contribution is 9.09. The fourth-order valence-electron chi connectivity index (χ4n) is 0.849. The number of rotatable bonds is 4. The molecule has 0 bridgehead atoms. The van der Waals surface area contributed by atoms with Crippen molar-refractivity contribution < 1.29 is 0 Å². The normalized spacial score (nSPS) is 10.1. The van der Waals surface area contributed by atoms with Crippen LogP contribution in [0.3, 0.4) is 0 Å². The lowest BCUT2D eigenvalue weighted by Gasteiger charge is -2.02. The molecular formula is C9H12BrNS. The van der Waals surface area contributed by atoms with Gasteiger partial charge in [-0.15, -0.1) is 11.8 Å². The van der Waals surface area contributed by atoms with Crippen LogP contribution in [0.15, 0.2) is 29.2 Å². The summed E-state index contributed by atoms with van der Waals surface area (Å²) in [5.41, 5.74) is 6.66. The molecule has 66 valence electrons. The van der Waals surface area contributed by atoms with Gasteiger partial charge in [-0.05, 0) is 24.3 Å². The van der Waals surface area contributed by atoms with E-state index in [9.17, 15) is 0 Å². The van der Waals surface area contributed by atoms with E-state index in [0.717, 1.165) is 16.8 Å². The Bertz CT molecular complexity index is 240. The van der Waals surface area contributed by atoms with E-state index in [4.69, 9.17) is 5.73 Å². The van der Waals surface area contributed by atoms with Gasteiger partial charge in [-0.2, -0.15) is 0 Å². The van der Waals surface area contributed by atoms with E-state index in [-0.39, 0.29) is 0 Å². The van der Waals surface area contributed by atoms with Gasteiger partial charge in [0.05, 0.1) is 0 Å². The molecule has 1 nitrogen and oxygen atoms in total. The van der Waals surface area contributed by atoms with E-state index >= 15 is 0 Å². The number of nitrogen functional groups attached to an aromatic ring is 1. The average Bonchev–Trinajstić information content (AvgIpc) is 2.09. The Kier molecular flexibility index (Phi) is 4.54. The summed E-state index contributed by atoms with van der Waals surface area (Å²) in [6.07, 6.45) is 1.18. The van der Waals surface area contributed by atoms with Crippen molar-refractivity contribution in [2.75, 3.05) is 16.8 Å². The highest BCUT2D eigenvalue weighted by Crippen LogP contribution is 2.24. The monoisotopic (exact) mass is 245 g/mol. The second kappa shape index (κ2) is 5.49. The summed E-state index contributed by atoms with van der Waals surface area (Å²) in [5, 5.41) is 1.06. The molecule has 0 aliphatic carbocycles. The van der Waals surface area contributed by atoms with Gasteiger partial charge in [0.15, 0.2) is 0 Å². The number of alkyl halides is 1. The second-order valence-corrected chi connectivity index (χ2v) is 4.36. The van der Waals surface area contributed by atoms with E-state index in [1.807, 2.05) is 30.0 Å². The molecule has 0 saturated heterocycles. The number of halogens is 1. The molecule has 0 amide bonds. The number of anilines is 1. The molecule has 0 spiro atoms. The quantitative estimate of drug-likeness (QED) is 0.382. The molecule has 0 atom stereocenters. The van der Waals surface area contributed by atoms with Gasteiger partial charge in [-0.25, -0.2) is 0 Å². The van der Waals surface area contributed by atoms with Crippen molar-refractivity contribution in [1.29, 1.82) is 0 Å². The Hall–Kier alpha value is -0.150. The first kappa shape index (κ1) is 9.93. The second-order valence-electron chi connectivity index (χ2n) is 2.43. The van der Waals surface area contributed by atoms with Gasteiger partial charge in [0, 0.05) is 15.9 Å². The zero-order chi connectivity index (χ0) is 8.81. The van der Waals surface area contributed by atoms with Crippen LogP contribution in [0.4, 0.5) is 5.69 Å². The van der Waals surface area contributed by atoms with Crippen LogP contribution in [0.1, 0.15) is 6.42 Å². The Morgan fingerprint density at radius 2 is 2.08 bits per heavy atom. The summed E-state index contributed by atoms with van der Waals surface area (Å²) in [6, 6.07) is 7.99. The summed E-state index contributed by atoms with van der Waals surface area (Å²) in [4.78, 5) is 1.19. The smallest absolute Gasteiger partial charge is 0.0452 e. The molecule has 1 aromatic carbocycles. The standard InChI is InChI=1S/C9H12BrNS/c10-6-3-7-12-9-5-2-1-4-8(9)11/h1-2,4-5H,3,6-7,11H2. The van der Waals surface area contributed by atoms with Crippen LogP contribution in [0.5, 0.6) is 0 Å². The average molecular weight is 246 g/mol. The first-order valence-electron chi connectivity index (χ1n) is 3.88. The van der Waals surface area contributed by atoms with Crippen LogP contribution >= 0.6 is 27.7 Å². The van der Waals surface area contributed by atoms with Crippen molar-refractivity contribution in [3.63, 3.8) is 0 Å². The van der Waals surface area contributed by atoms with E-state index in [1.165, 1.54) is 11.3 Å². The molecule has 1 rings (SSSR count). The molecule has 0 unspecified atom stereocenters. The summed E-state index contributed by atoms with van der Waals surface area (Å²) in [6.45, 7) is 0. The van der Waals surface area contributed by atoms with Crippen LogP contribution < -0.4 is 5.73 Å². The summed E-state index contributed by atoms with van der Waals surface area (Å²) in [5.74, 6) is 1.12. The highest BCUT2D eigenvalue weighted by Gasteiger charge is 1.96. The Morgan fingerprint density at radius 3 is 2.75 bits per heavy atom. The summed E-state index contributed by atoms with van der Waals surface area (Å²) >= 11 is 5.21. The minimum Gasteiger partial charge on any atom is -0.398 e. The zero-order valence-electron chi connectivity index (χ0n) is 6.79. The summed E-state index contributed by atoms with van der Waals surface area (Å²) in [7, 11) is 0.